The van der Waals surface area contributed by atoms with E-state index in [-0.39, 0.29) is 21.5 Å². The van der Waals surface area contributed by atoms with Gasteiger partial charge in [0.15, 0.2) is 10.9 Å². The summed E-state index contributed by atoms with van der Waals surface area (Å²) in [4.78, 5) is 25.5. The van der Waals surface area contributed by atoms with Crippen molar-refractivity contribution in [1.82, 2.24) is 0 Å². The summed E-state index contributed by atoms with van der Waals surface area (Å²) in [5, 5.41) is 0. The molecule has 0 bridgehead atoms. The van der Waals surface area contributed by atoms with E-state index in [1.54, 1.807) is 18.2 Å². The zero-order valence-electron chi connectivity index (χ0n) is 15.7. The molecule has 1 fully saturated rings. The van der Waals surface area contributed by atoms with Gasteiger partial charge in [0.25, 0.3) is 5.91 Å². The lowest BCUT2D eigenvalue weighted by Crippen LogP contribution is -2.27. The lowest BCUT2D eigenvalue weighted by molar-refractivity contribution is -0.143. The van der Waals surface area contributed by atoms with Gasteiger partial charge in [0.1, 0.15) is 5.75 Å². The maximum absolute atomic E-state index is 13.0. The van der Waals surface area contributed by atoms with E-state index >= 15 is 0 Å². The number of hydrogen-bond donors (Lipinski definition) is 0. The number of anilines is 1. The molecule has 0 atom stereocenters. The van der Waals surface area contributed by atoms with Crippen LogP contribution in [0.2, 0.25) is 0 Å². The van der Waals surface area contributed by atoms with Gasteiger partial charge in [-0.25, -0.2) is 4.79 Å². The second kappa shape index (κ2) is 9.41. The highest BCUT2D eigenvalue weighted by Gasteiger charge is 2.36. The molecular formula is C20H13BrF3NO4S2. The van der Waals surface area contributed by atoms with Gasteiger partial charge in [0.2, 0.25) is 0 Å². The van der Waals surface area contributed by atoms with Gasteiger partial charge < -0.3 is 9.47 Å². The number of methoxy groups -OCH3 is 1. The fourth-order valence-electron chi connectivity index (χ4n) is 2.61. The number of halogens is 4. The summed E-state index contributed by atoms with van der Waals surface area (Å²) in [6.07, 6.45) is -3.04. The Morgan fingerprint density at radius 3 is 2.68 bits per heavy atom. The van der Waals surface area contributed by atoms with Gasteiger partial charge in [-0.1, -0.05) is 46.0 Å². The lowest BCUT2D eigenvalue weighted by Gasteiger charge is -2.16. The summed E-state index contributed by atoms with van der Waals surface area (Å²) >= 11 is 9.52. The highest BCUT2D eigenvalue weighted by molar-refractivity contribution is 9.10. The number of thioether (sulfide) groups is 1. The number of carbonyl (C=O) groups is 2. The topological polar surface area (TPSA) is 55.8 Å². The molecule has 1 heterocycles. The van der Waals surface area contributed by atoms with Crippen molar-refractivity contribution in [3.05, 3.63) is 63.0 Å². The number of amides is 1. The van der Waals surface area contributed by atoms with E-state index in [4.69, 9.17) is 17.0 Å². The minimum absolute atomic E-state index is 0.0251. The quantitative estimate of drug-likeness (QED) is 0.291. The van der Waals surface area contributed by atoms with Gasteiger partial charge in [0.05, 0.1) is 23.3 Å². The smallest absolute Gasteiger partial charge is 0.416 e. The Hall–Kier alpha value is -2.37. The average Bonchev–Trinajstić information content (AvgIpc) is 2.99. The monoisotopic (exact) mass is 531 g/mol. The Morgan fingerprint density at radius 1 is 1.26 bits per heavy atom. The van der Waals surface area contributed by atoms with Gasteiger partial charge in [-0.05, 0) is 42.5 Å². The first-order valence-electron chi connectivity index (χ1n) is 8.54. The Balaban J connectivity index is 1.92. The van der Waals surface area contributed by atoms with E-state index < -0.39 is 23.6 Å². The van der Waals surface area contributed by atoms with Crippen molar-refractivity contribution in [1.29, 1.82) is 0 Å². The second-order valence-electron chi connectivity index (χ2n) is 6.11. The number of thiocarbonyl (C=S) groups is 1. The number of ether oxygens (including phenoxy) is 2. The van der Waals surface area contributed by atoms with Gasteiger partial charge >= 0.3 is 12.1 Å². The fraction of sp³-hybridized carbons (Fsp3) is 0.150. The Morgan fingerprint density at radius 2 is 2.00 bits per heavy atom. The van der Waals surface area contributed by atoms with Crippen LogP contribution in [-0.2, 0) is 20.5 Å². The molecule has 0 spiro atoms. The van der Waals surface area contributed by atoms with Crippen LogP contribution < -0.4 is 9.64 Å². The van der Waals surface area contributed by atoms with E-state index in [2.05, 4.69) is 20.7 Å². The van der Waals surface area contributed by atoms with Gasteiger partial charge in [0, 0.05) is 10.0 Å². The summed E-state index contributed by atoms with van der Waals surface area (Å²) in [7, 11) is 1.23. The third-order valence-electron chi connectivity index (χ3n) is 4.06. The summed E-state index contributed by atoms with van der Waals surface area (Å²) in [6.45, 7) is -0.329. The molecule has 11 heteroatoms. The Kier molecular flexibility index (Phi) is 7.07. The molecule has 5 nitrogen and oxygen atoms in total. The molecule has 3 rings (SSSR count). The summed E-state index contributed by atoms with van der Waals surface area (Å²) in [5.41, 5.74) is -0.381. The average molecular weight is 532 g/mol. The Bertz CT molecular complexity index is 1090. The maximum Gasteiger partial charge on any atom is 0.416 e. The van der Waals surface area contributed by atoms with Crippen LogP contribution >= 0.6 is 39.9 Å². The molecule has 1 amide bonds. The van der Waals surface area contributed by atoms with E-state index in [1.165, 1.54) is 25.3 Å². The predicted octanol–water partition coefficient (Wildman–Crippen LogP) is 5.43. The normalized spacial score (nSPS) is 15.5. The minimum atomic E-state index is -4.55. The highest BCUT2D eigenvalue weighted by Crippen LogP contribution is 2.39. The van der Waals surface area contributed by atoms with E-state index in [0.29, 0.717) is 15.8 Å². The number of esters is 1. The molecule has 0 aromatic heterocycles. The molecule has 0 saturated carbocycles. The first kappa shape index (κ1) is 23.3. The molecule has 0 unspecified atom stereocenters. The van der Waals surface area contributed by atoms with Crippen molar-refractivity contribution in [2.45, 2.75) is 6.18 Å². The number of rotatable bonds is 5. The van der Waals surface area contributed by atoms with Crippen LogP contribution in [0, 0.1) is 0 Å². The van der Waals surface area contributed by atoms with Crippen LogP contribution in [0.25, 0.3) is 6.08 Å². The van der Waals surface area contributed by atoms with Crippen molar-refractivity contribution in [2.75, 3.05) is 18.6 Å². The Labute approximate surface area is 193 Å². The van der Waals surface area contributed by atoms with Crippen molar-refractivity contribution < 1.29 is 32.2 Å². The first-order valence-corrected chi connectivity index (χ1v) is 10.6. The molecule has 1 saturated heterocycles. The molecule has 162 valence electrons. The fourth-order valence-corrected chi connectivity index (χ4v) is 4.28. The van der Waals surface area contributed by atoms with Crippen molar-refractivity contribution in [3.8, 4) is 5.75 Å². The zero-order chi connectivity index (χ0) is 22.8. The number of benzene rings is 2. The SMILES string of the molecule is COC(=O)COc1ccc(Br)cc1/C=C1\SC(=S)N(c2cccc(C(F)(F)F)c2)C1=O. The molecule has 2 aromatic rings. The number of nitrogens with zero attached hydrogens (tertiary/aromatic N) is 1. The van der Waals surface area contributed by atoms with Crippen molar-refractivity contribution in [2.24, 2.45) is 0 Å². The molecule has 0 aliphatic carbocycles. The lowest BCUT2D eigenvalue weighted by atomic mass is 10.1. The third-order valence-corrected chi connectivity index (χ3v) is 5.85. The number of hydrogen-bond acceptors (Lipinski definition) is 6. The van der Waals surface area contributed by atoms with Crippen LogP contribution in [0.4, 0.5) is 18.9 Å². The maximum atomic E-state index is 13.0. The largest absolute Gasteiger partial charge is 0.481 e. The molecule has 1 aliphatic heterocycles. The summed E-state index contributed by atoms with van der Waals surface area (Å²) in [6, 6.07) is 9.36. The highest BCUT2D eigenvalue weighted by atomic mass is 79.9. The van der Waals surface area contributed by atoms with Crippen LogP contribution in [-0.4, -0.2) is 29.9 Å². The molecular weight excluding hydrogens is 519 g/mol. The van der Waals surface area contributed by atoms with E-state index in [1.807, 2.05) is 0 Å². The summed E-state index contributed by atoms with van der Waals surface area (Å²) < 4.78 is 49.9. The summed E-state index contributed by atoms with van der Waals surface area (Å²) in [5.74, 6) is -0.823. The zero-order valence-corrected chi connectivity index (χ0v) is 19.0. The minimum Gasteiger partial charge on any atom is -0.481 e. The van der Waals surface area contributed by atoms with Crippen molar-refractivity contribution in [3.63, 3.8) is 0 Å². The molecule has 2 aromatic carbocycles. The third kappa shape index (κ3) is 5.46. The molecule has 31 heavy (non-hydrogen) atoms. The van der Waals surface area contributed by atoms with Crippen LogP contribution in [0.3, 0.4) is 0 Å². The molecule has 0 N–H and O–H groups in total. The standard InChI is InChI=1S/C20H13BrF3NO4S2/c1-28-17(26)10-29-15-6-5-13(21)7-11(15)8-16-18(27)25(19(30)31-16)14-4-2-3-12(9-14)20(22,23)24/h2-9H,10H2,1H3/b16-8-. The number of alkyl halides is 3. The van der Waals surface area contributed by atoms with Gasteiger partial charge in [-0.3, -0.25) is 9.69 Å². The van der Waals surface area contributed by atoms with Gasteiger partial charge in [-0.2, -0.15) is 13.2 Å². The number of carbonyl (C=O) groups excluding carboxylic acids is 2. The second-order valence-corrected chi connectivity index (χ2v) is 8.70. The molecule has 0 radical (unpaired) electrons. The predicted molar refractivity (Wildman–Crippen MR) is 119 cm³/mol. The first-order chi connectivity index (χ1) is 14.6. The van der Waals surface area contributed by atoms with Crippen LogP contribution in [0.1, 0.15) is 11.1 Å². The van der Waals surface area contributed by atoms with Crippen molar-refractivity contribution >= 4 is 67.9 Å². The van der Waals surface area contributed by atoms with Crippen LogP contribution in [0.5, 0.6) is 5.75 Å². The van der Waals surface area contributed by atoms with E-state index in [9.17, 15) is 22.8 Å². The van der Waals surface area contributed by atoms with Gasteiger partial charge in [-0.15, -0.1) is 0 Å². The van der Waals surface area contributed by atoms with E-state index in [0.717, 1.165) is 28.8 Å². The molecule has 1 aliphatic rings. The van der Waals surface area contributed by atoms with Crippen LogP contribution in [0.15, 0.2) is 51.8 Å².